The van der Waals surface area contributed by atoms with Crippen LogP contribution in [-0.4, -0.2) is 29.3 Å². The predicted molar refractivity (Wildman–Crippen MR) is 122 cm³/mol. The van der Waals surface area contributed by atoms with E-state index in [9.17, 15) is 0 Å². The molecule has 158 valence electrons. The Labute approximate surface area is 180 Å². The van der Waals surface area contributed by atoms with E-state index in [-0.39, 0.29) is 6.73 Å². The molecule has 1 aromatic heterocycles. The summed E-state index contributed by atoms with van der Waals surface area (Å²) in [5.41, 5.74) is 11.7. The highest BCUT2D eigenvalue weighted by Crippen LogP contribution is 2.38. The lowest BCUT2D eigenvalue weighted by atomic mass is 10.0. The maximum atomic E-state index is 8.45. The average Bonchev–Trinajstić information content (AvgIpc) is 3.31. The van der Waals surface area contributed by atoms with E-state index < -0.39 is 0 Å². The molecule has 2 aliphatic rings. The molecule has 1 aliphatic heterocycles. The third kappa shape index (κ3) is 4.07. The van der Waals surface area contributed by atoms with Crippen molar-refractivity contribution >= 4 is 28.4 Å². The Morgan fingerprint density at radius 1 is 1.13 bits per heavy atom. The van der Waals surface area contributed by atoms with Crippen LogP contribution in [0.25, 0.3) is 21.3 Å². The first-order valence-electron chi connectivity index (χ1n) is 10.9. The Morgan fingerprint density at radius 3 is 2.87 bits per heavy atom. The standard InChI is InChI=1S/C23H25N7O/c24-29-25-15-31-18-11-12-21-16(14-18)6-5-13-30(21)22-19-9-3-4-10-20(19)27-23(28-22)26-17-7-1-2-8-17/h3-4,9-12,14,17H,1-2,5-8,13,15H2,(H,26,27,28). The summed E-state index contributed by atoms with van der Waals surface area (Å²) in [6.07, 6.45) is 6.88. The highest BCUT2D eigenvalue weighted by Gasteiger charge is 2.23. The summed E-state index contributed by atoms with van der Waals surface area (Å²) in [6.45, 7) is 0.890. The molecule has 0 bridgehead atoms. The number of hydrogen-bond acceptors (Lipinski definition) is 6. The summed E-state index contributed by atoms with van der Waals surface area (Å²) >= 11 is 0. The van der Waals surface area contributed by atoms with Crippen LogP contribution in [0.15, 0.2) is 47.6 Å². The number of nitrogens with one attached hydrogen (secondary N) is 1. The number of aryl methyl sites for hydroxylation is 1. The van der Waals surface area contributed by atoms with Gasteiger partial charge in [-0.1, -0.05) is 30.1 Å². The fraction of sp³-hybridized carbons (Fsp3) is 0.391. The van der Waals surface area contributed by atoms with Crippen LogP contribution in [-0.2, 0) is 6.42 Å². The van der Waals surface area contributed by atoms with Crippen molar-refractivity contribution in [3.05, 3.63) is 58.5 Å². The Hall–Kier alpha value is -3.51. The van der Waals surface area contributed by atoms with E-state index in [1.807, 2.05) is 24.3 Å². The third-order valence-corrected chi connectivity index (χ3v) is 6.05. The zero-order valence-corrected chi connectivity index (χ0v) is 17.4. The molecule has 0 amide bonds. The molecular formula is C23H25N7O. The lowest BCUT2D eigenvalue weighted by Gasteiger charge is -2.31. The zero-order chi connectivity index (χ0) is 21.0. The van der Waals surface area contributed by atoms with Gasteiger partial charge in [0, 0.05) is 28.6 Å². The fourth-order valence-electron chi connectivity index (χ4n) is 4.60. The van der Waals surface area contributed by atoms with Gasteiger partial charge in [-0.15, -0.1) is 0 Å². The minimum Gasteiger partial charge on any atom is -0.488 e. The number of azide groups is 1. The molecule has 31 heavy (non-hydrogen) atoms. The Balaban J connectivity index is 1.52. The first-order chi connectivity index (χ1) is 15.3. The van der Waals surface area contributed by atoms with Crippen molar-refractivity contribution in [2.24, 2.45) is 5.11 Å². The van der Waals surface area contributed by atoms with E-state index in [0.717, 1.165) is 41.8 Å². The van der Waals surface area contributed by atoms with Crippen LogP contribution in [0.5, 0.6) is 5.75 Å². The lowest BCUT2D eigenvalue weighted by Crippen LogP contribution is -2.26. The van der Waals surface area contributed by atoms with E-state index in [1.165, 1.54) is 31.2 Å². The van der Waals surface area contributed by atoms with Gasteiger partial charge < -0.3 is 15.0 Å². The van der Waals surface area contributed by atoms with Gasteiger partial charge in [-0.3, -0.25) is 0 Å². The first-order valence-corrected chi connectivity index (χ1v) is 10.9. The number of nitrogens with zero attached hydrogens (tertiary/aromatic N) is 6. The normalized spacial score (nSPS) is 16.1. The van der Waals surface area contributed by atoms with Crippen molar-refractivity contribution in [2.75, 3.05) is 23.5 Å². The lowest BCUT2D eigenvalue weighted by molar-refractivity contribution is 0.329. The SMILES string of the molecule is [N-]=[N+]=NCOc1ccc2c(c1)CCCN2c1nc(NC2CCCC2)nc2ccccc12. The largest absolute Gasteiger partial charge is 0.488 e. The van der Waals surface area contributed by atoms with Crippen molar-refractivity contribution in [3.63, 3.8) is 0 Å². The van der Waals surface area contributed by atoms with E-state index in [1.54, 1.807) is 0 Å². The van der Waals surface area contributed by atoms with Gasteiger partial charge in [-0.2, -0.15) is 4.98 Å². The molecule has 2 aromatic carbocycles. The number of aromatic nitrogens is 2. The van der Waals surface area contributed by atoms with Gasteiger partial charge in [0.05, 0.1) is 5.52 Å². The maximum absolute atomic E-state index is 8.45. The van der Waals surface area contributed by atoms with Crippen LogP contribution in [0.3, 0.4) is 0 Å². The Morgan fingerprint density at radius 2 is 2.00 bits per heavy atom. The quantitative estimate of drug-likeness (QED) is 0.315. The number of hydrogen-bond donors (Lipinski definition) is 1. The number of anilines is 3. The van der Waals surface area contributed by atoms with Gasteiger partial charge in [0.2, 0.25) is 5.95 Å². The molecule has 3 aromatic rings. The minimum absolute atomic E-state index is 0.00819. The molecule has 1 saturated carbocycles. The van der Waals surface area contributed by atoms with Crippen LogP contribution in [0, 0.1) is 0 Å². The van der Waals surface area contributed by atoms with E-state index >= 15 is 0 Å². The highest BCUT2D eigenvalue weighted by molar-refractivity contribution is 5.93. The van der Waals surface area contributed by atoms with Crippen LogP contribution < -0.4 is 15.0 Å². The molecule has 0 unspecified atom stereocenters. The molecule has 0 spiro atoms. The monoisotopic (exact) mass is 415 g/mol. The average molecular weight is 416 g/mol. The summed E-state index contributed by atoms with van der Waals surface area (Å²) in [4.78, 5) is 14.8. The van der Waals surface area contributed by atoms with Gasteiger partial charge in [0.25, 0.3) is 0 Å². The topological polar surface area (TPSA) is 99.0 Å². The molecular weight excluding hydrogens is 390 g/mol. The van der Waals surface area contributed by atoms with Crippen LogP contribution >= 0.6 is 0 Å². The molecule has 8 heteroatoms. The van der Waals surface area contributed by atoms with Crippen molar-refractivity contribution in [3.8, 4) is 5.75 Å². The highest BCUT2D eigenvalue weighted by atomic mass is 16.5. The van der Waals surface area contributed by atoms with Crippen LogP contribution in [0.2, 0.25) is 0 Å². The summed E-state index contributed by atoms with van der Waals surface area (Å²) in [5.74, 6) is 2.36. The summed E-state index contributed by atoms with van der Waals surface area (Å²) < 4.78 is 5.54. The predicted octanol–water partition coefficient (Wildman–Crippen LogP) is 5.72. The van der Waals surface area contributed by atoms with Gasteiger partial charge in [-0.25, -0.2) is 4.98 Å². The van der Waals surface area contributed by atoms with Gasteiger partial charge >= 0.3 is 0 Å². The second kappa shape index (κ2) is 8.70. The smallest absolute Gasteiger partial charge is 0.225 e. The second-order valence-corrected chi connectivity index (χ2v) is 8.06. The van der Waals surface area contributed by atoms with Crippen molar-refractivity contribution < 1.29 is 4.74 Å². The fourth-order valence-corrected chi connectivity index (χ4v) is 4.60. The maximum Gasteiger partial charge on any atom is 0.225 e. The van der Waals surface area contributed by atoms with Crippen LogP contribution in [0.1, 0.15) is 37.7 Å². The molecule has 1 aliphatic carbocycles. The number of para-hydroxylation sites is 1. The molecule has 0 atom stereocenters. The number of rotatable bonds is 6. The number of benzene rings is 2. The van der Waals surface area contributed by atoms with Gasteiger partial charge in [-0.05, 0) is 67.1 Å². The number of fused-ring (bicyclic) bond motifs is 2. The molecule has 1 N–H and O–H groups in total. The van der Waals surface area contributed by atoms with Gasteiger partial charge in [0.1, 0.15) is 11.6 Å². The third-order valence-electron chi connectivity index (χ3n) is 6.05. The van der Waals surface area contributed by atoms with Crippen molar-refractivity contribution in [1.29, 1.82) is 0 Å². The van der Waals surface area contributed by atoms with E-state index in [0.29, 0.717) is 17.7 Å². The summed E-state index contributed by atoms with van der Waals surface area (Å²) in [5, 5.41) is 8.07. The van der Waals surface area contributed by atoms with Crippen LogP contribution in [0.4, 0.5) is 17.5 Å². The second-order valence-electron chi connectivity index (χ2n) is 8.06. The van der Waals surface area contributed by atoms with Crippen molar-refractivity contribution in [2.45, 2.75) is 44.6 Å². The molecule has 0 saturated heterocycles. The Kier molecular flexibility index (Phi) is 5.46. The first kappa shape index (κ1) is 19.5. The molecule has 5 rings (SSSR count). The molecule has 0 radical (unpaired) electrons. The zero-order valence-electron chi connectivity index (χ0n) is 17.4. The molecule has 8 nitrogen and oxygen atoms in total. The van der Waals surface area contributed by atoms with Crippen molar-refractivity contribution in [1.82, 2.24) is 9.97 Å². The Bertz CT molecular complexity index is 1140. The minimum atomic E-state index is -0.00819. The van der Waals surface area contributed by atoms with E-state index in [4.69, 9.17) is 20.2 Å². The molecule has 1 fully saturated rings. The van der Waals surface area contributed by atoms with E-state index in [2.05, 4.69) is 38.4 Å². The number of ether oxygens (including phenoxy) is 1. The molecule has 2 heterocycles. The van der Waals surface area contributed by atoms with Gasteiger partial charge in [0.15, 0.2) is 6.73 Å². The summed E-state index contributed by atoms with van der Waals surface area (Å²) in [7, 11) is 0. The summed E-state index contributed by atoms with van der Waals surface area (Å²) in [6, 6.07) is 14.7.